The predicted molar refractivity (Wildman–Crippen MR) is 157 cm³/mol. The molecule has 3 aromatic rings. The smallest absolute Gasteiger partial charge is 0.243 e. The number of anilines is 1. The molecule has 3 rings (SSSR count). The summed E-state index contributed by atoms with van der Waals surface area (Å²) < 4.78 is 26.3. The van der Waals surface area contributed by atoms with Crippen LogP contribution in [0.5, 0.6) is 0 Å². The SMILES string of the molecule is CCNC(=O)[C@@H](Cc1ccccc1)N(Cc1cccc(C)c1)C(=O)CCCN(c1ccc(Cl)cc1)S(C)(=O)=O. The number of sulfonamides is 1. The van der Waals surface area contributed by atoms with Gasteiger partial charge in [-0.15, -0.1) is 0 Å². The average molecular weight is 570 g/mol. The summed E-state index contributed by atoms with van der Waals surface area (Å²) in [6.07, 6.45) is 1.87. The van der Waals surface area contributed by atoms with Crippen molar-refractivity contribution in [2.45, 2.75) is 45.7 Å². The number of hydrogen-bond donors (Lipinski definition) is 1. The molecule has 0 aliphatic heterocycles. The standard InChI is InChI=1S/C30H36ClN3O4S/c1-4-32-30(36)28(21-24-11-6-5-7-12-24)33(22-25-13-8-10-23(2)20-25)29(35)14-9-19-34(39(3,37)38)27-17-15-26(31)16-18-27/h5-8,10-13,15-18,20,28H,4,9,14,19,21-22H2,1-3H3,(H,32,36)/t28-/m1/s1. The molecule has 1 N–H and O–H groups in total. The van der Waals surface area contributed by atoms with Crippen LogP contribution < -0.4 is 9.62 Å². The molecule has 0 fully saturated rings. The Kier molecular flexibility index (Phi) is 10.9. The van der Waals surface area contributed by atoms with Gasteiger partial charge in [0.25, 0.3) is 0 Å². The highest BCUT2D eigenvalue weighted by molar-refractivity contribution is 7.92. The molecule has 0 aromatic heterocycles. The van der Waals surface area contributed by atoms with E-state index in [2.05, 4.69) is 5.32 Å². The Hall–Kier alpha value is -3.36. The molecule has 2 amide bonds. The van der Waals surface area contributed by atoms with Crippen LogP contribution in [-0.4, -0.2) is 50.5 Å². The quantitative estimate of drug-likeness (QED) is 0.315. The van der Waals surface area contributed by atoms with Crippen LogP contribution in [-0.2, 0) is 32.6 Å². The number of nitrogens with zero attached hydrogens (tertiary/aromatic N) is 2. The van der Waals surface area contributed by atoms with E-state index in [1.807, 2.05) is 68.4 Å². The highest BCUT2D eigenvalue weighted by Crippen LogP contribution is 2.22. The third kappa shape index (κ3) is 9.11. The Bertz CT molecular complexity index is 1350. The summed E-state index contributed by atoms with van der Waals surface area (Å²) in [7, 11) is -3.58. The maximum atomic E-state index is 13.7. The minimum Gasteiger partial charge on any atom is -0.355 e. The first-order valence-corrected chi connectivity index (χ1v) is 15.2. The zero-order valence-corrected chi connectivity index (χ0v) is 24.2. The zero-order valence-electron chi connectivity index (χ0n) is 22.6. The number of nitrogens with one attached hydrogen (secondary N) is 1. The highest BCUT2D eigenvalue weighted by Gasteiger charge is 2.30. The second-order valence-corrected chi connectivity index (χ2v) is 11.9. The molecular formula is C30H36ClN3O4S. The molecule has 0 saturated carbocycles. The summed E-state index contributed by atoms with van der Waals surface area (Å²) in [5, 5.41) is 3.39. The summed E-state index contributed by atoms with van der Waals surface area (Å²) in [5.41, 5.74) is 3.41. The molecule has 0 aliphatic rings. The van der Waals surface area contributed by atoms with Crippen LogP contribution in [0.15, 0.2) is 78.9 Å². The fourth-order valence-electron chi connectivity index (χ4n) is 4.46. The van der Waals surface area contributed by atoms with Crippen molar-refractivity contribution in [1.82, 2.24) is 10.2 Å². The van der Waals surface area contributed by atoms with Crippen LogP contribution in [0.3, 0.4) is 0 Å². The normalized spacial score (nSPS) is 12.0. The molecule has 7 nitrogen and oxygen atoms in total. The fourth-order valence-corrected chi connectivity index (χ4v) is 5.56. The lowest BCUT2D eigenvalue weighted by Gasteiger charge is -2.32. The van der Waals surface area contributed by atoms with Crippen molar-refractivity contribution in [1.29, 1.82) is 0 Å². The van der Waals surface area contributed by atoms with Crippen molar-refractivity contribution in [2.24, 2.45) is 0 Å². The van der Waals surface area contributed by atoms with Crippen molar-refractivity contribution >= 4 is 39.1 Å². The molecular weight excluding hydrogens is 534 g/mol. The lowest BCUT2D eigenvalue weighted by atomic mass is 10.0. The van der Waals surface area contributed by atoms with Crippen molar-refractivity contribution in [3.8, 4) is 0 Å². The largest absolute Gasteiger partial charge is 0.355 e. The maximum absolute atomic E-state index is 13.7. The van der Waals surface area contributed by atoms with Gasteiger partial charge in [0.15, 0.2) is 0 Å². The Morgan fingerprint density at radius 2 is 1.62 bits per heavy atom. The molecule has 9 heteroatoms. The van der Waals surface area contributed by atoms with Gasteiger partial charge in [0.1, 0.15) is 6.04 Å². The van der Waals surface area contributed by atoms with Crippen LogP contribution in [0.2, 0.25) is 5.02 Å². The number of hydrogen-bond acceptors (Lipinski definition) is 4. The van der Waals surface area contributed by atoms with Crippen LogP contribution in [0.25, 0.3) is 0 Å². The number of benzene rings is 3. The van der Waals surface area contributed by atoms with E-state index in [1.54, 1.807) is 29.2 Å². The number of carbonyl (C=O) groups excluding carboxylic acids is 2. The number of likely N-dealkylation sites (N-methyl/N-ethyl adjacent to an activating group) is 1. The van der Waals surface area contributed by atoms with Crippen molar-refractivity contribution in [3.63, 3.8) is 0 Å². The Labute approximate surface area is 236 Å². The minimum absolute atomic E-state index is 0.0795. The van der Waals surface area contributed by atoms with Crippen LogP contribution in [0.1, 0.15) is 36.5 Å². The van der Waals surface area contributed by atoms with Gasteiger partial charge < -0.3 is 10.2 Å². The van der Waals surface area contributed by atoms with Gasteiger partial charge in [0, 0.05) is 37.5 Å². The highest BCUT2D eigenvalue weighted by atomic mass is 35.5. The fraction of sp³-hybridized carbons (Fsp3) is 0.333. The maximum Gasteiger partial charge on any atom is 0.243 e. The van der Waals surface area contributed by atoms with Crippen molar-refractivity contribution < 1.29 is 18.0 Å². The van der Waals surface area contributed by atoms with Gasteiger partial charge in [-0.25, -0.2) is 8.42 Å². The molecule has 3 aromatic carbocycles. The topological polar surface area (TPSA) is 86.8 Å². The van der Waals surface area contributed by atoms with Gasteiger partial charge in [-0.05, 0) is 55.7 Å². The molecule has 208 valence electrons. The molecule has 39 heavy (non-hydrogen) atoms. The first-order valence-electron chi connectivity index (χ1n) is 13.0. The summed E-state index contributed by atoms with van der Waals surface area (Å²) in [4.78, 5) is 28.6. The summed E-state index contributed by atoms with van der Waals surface area (Å²) in [5.74, 6) is -0.436. The van der Waals surface area contributed by atoms with Gasteiger partial charge in [-0.1, -0.05) is 71.8 Å². The first kappa shape index (κ1) is 30.2. The summed E-state index contributed by atoms with van der Waals surface area (Å²) in [6.45, 7) is 4.66. The van der Waals surface area contributed by atoms with Gasteiger partial charge in [-0.2, -0.15) is 0 Å². The average Bonchev–Trinajstić information content (AvgIpc) is 2.89. The number of aryl methyl sites for hydroxylation is 1. The molecule has 0 saturated heterocycles. The second kappa shape index (κ2) is 14.1. The number of halogens is 1. The molecule has 1 atom stereocenters. The van der Waals surface area contributed by atoms with Gasteiger partial charge in [-0.3, -0.25) is 13.9 Å². The van der Waals surface area contributed by atoms with E-state index in [1.165, 1.54) is 4.31 Å². The molecule has 0 spiro atoms. The van der Waals surface area contributed by atoms with E-state index < -0.39 is 16.1 Å². The summed E-state index contributed by atoms with van der Waals surface area (Å²) in [6, 6.07) is 23.3. The molecule has 0 aliphatic carbocycles. The van der Waals surface area contributed by atoms with Crippen LogP contribution >= 0.6 is 11.6 Å². The second-order valence-electron chi connectivity index (χ2n) is 9.53. The lowest BCUT2D eigenvalue weighted by molar-refractivity contribution is -0.141. The van der Waals surface area contributed by atoms with E-state index >= 15 is 0 Å². The lowest BCUT2D eigenvalue weighted by Crippen LogP contribution is -2.50. The van der Waals surface area contributed by atoms with Crippen LogP contribution in [0, 0.1) is 6.92 Å². The van der Waals surface area contributed by atoms with E-state index in [9.17, 15) is 18.0 Å². The van der Waals surface area contributed by atoms with E-state index in [0.717, 1.165) is 22.9 Å². The van der Waals surface area contributed by atoms with E-state index in [4.69, 9.17) is 11.6 Å². The van der Waals surface area contributed by atoms with E-state index in [-0.39, 0.29) is 37.7 Å². The van der Waals surface area contributed by atoms with Gasteiger partial charge in [0.05, 0.1) is 11.9 Å². The number of carbonyl (C=O) groups is 2. The monoisotopic (exact) mass is 569 g/mol. The third-order valence-electron chi connectivity index (χ3n) is 6.32. The Balaban J connectivity index is 1.85. The Morgan fingerprint density at radius 3 is 2.23 bits per heavy atom. The first-order chi connectivity index (χ1) is 18.6. The Morgan fingerprint density at radius 1 is 0.949 bits per heavy atom. The molecule has 0 radical (unpaired) electrons. The van der Waals surface area contributed by atoms with Crippen molar-refractivity contribution in [2.75, 3.05) is 23.7 Å². The van der Waals surface area contributed by atoms with Crippen LogP contribution in [0.4, 0.5) is 5.69 Å². The third-order valence-corrected chi connectivity index (χ3v) is 7.77. The zero-order chi connectivity index (χ0) is 28.4. The molecule has 0 bridgehead atoms. The molecule has 0 heterocycles. The molecule has 0 unspecified atom stereocenters. The minimum atomic E-state index is -3.58. The predicted octanol–water partition coefficient (Wildman–Crippen LogP) is 4.97. The van der Waals surface area contributed by atoms with Gasteiger partial charge >= 0.3 is 0 Å². The van der Waals surface area contributed by atoms with Gasteiger partial charge in [0.2, 0.25) is 21.8 Å². The van der Waals surface area contributed by atoms with Crippen molar-refractivity contribution in [3.05, 3.63) is 101 Å². The van der Waals surface area contributed by atoms with E-state index in [0.29, 0.717) is 23.7 Å². The number of rotatable bonds is 13. The summed E-state index contributed by atoms with van der Waals surface area (Å²) >= 11 is 5.97. The number of amides is 2.